The Kier molecular flexibility index (Phi) is 6.24. The van der Waals surface area contributed by atoms with Crippen LogP contribution in [0.5, 0.6) is 0 Å². The smallest absolute Gasteiger partial charge is 0.337 e. The molecule has 1 aliphatic rings. The summed E-state index contributed by atoms with van der Waals surface area (Å²) in [4.78, 5) is 39.2. The van der Waals surface area contributed by atoms with Crippen LogP contribution >= 0.6 is 28.1 Å². The Bertz CT molecular complexity index is 1420. The summed E-state index contributed by atoms with van der Waals surface area (Å²) in [6.07, 6.45) is 1.52. The van der Waals surface area contributed by atoms with Gasteiger partial charge in [0.05, 0.1) is 16.9 Å². The van der Waals surface area contributed by atoms with E-state index in [4.69, 9.17) is 12.2 Å². The summed E-state index contributed by atoms with van der Waals surface area (Å²) in [5.74, 6) is -2.16. The quantitative estimate of drug-likeness (QED) is 0.286. The Balaban J connectivity index is 1.81. The number of carboxylic acid groups (broad SMARTS) is 1. The van der Waals surface area contributed by atoms with Gasteiger partial charge in [-0.05, 0) is 86.6 Å². The average Bonchev–Trinajstić information content (AvgIpc) is 3.05. The second kappa shape index (κ2) is 9.00. The number of amides is 2. The molecular weight excluding hydrogens is 518 g/mol. The zero-order chi connectivity index (χ0) is 24.7. The first kappa shape index (κ1) is 23.6. The van der Waals surface area contributed by atoms with Gasteiger partial charge in [-0.2, -0.15) is 0 Å². The number of rotatable bonds is 4. The van der Waals surface area contributed by atoms with Crippen molar-refractivity contribution in [2.45, 2.75) is 20.8 Å². The van der Waals surface area contributed by atoms with Gasteiger partial charge in [0.2, 0.25) is 0 Å². The fourth-order valence-electron chi connectivity index (χ4n) is 4.06. The summed E-state index contributed by atoms with van der Waals surface area (Å²) in [5.41, 5.74) is 4.05. The lowest BCUT2D eigenvalue weighted by atomic mass is 10.1. The molecule has 4 rings (SSSR count). The van der Waals surface area contributed by atoms with Gasteiger partial charge < -0.3 is 9.67 Å². The number of aromatic carboxylic acids is 1. The van der Waals surface area contributed by atoms with Crippen LogP contribution in [0.1, 0.15) is 32.9 Å². The first-order valence-corrected chi connectivity index (χ1v) is 11.5. The lowest BCUT2D eigenvalue weighted by molar-refractivity contribution is -0.122. The van der Waals surface area contributed by atoms with Crippen LogP contribution in [0.3, 0.4) is 0 Å². The van der Waals surface area contributed by atoms with Crippen molar-refractivity contribution in [3.63, 3.8) is 0 Å². The second-order valence-corrected chi connectivity index (χ2v) is 9.18. The number of nitrogens with one attached hydrogen (secondary N) is 1. The summed E-state index contributed by atoms with van der Waals surface area (Å²) in [5, 5.41) is 12.2. The fraction of sp³-hybridized carbons (Fsp3) is 0.120. The Labute approximate surface area is 209 Å². The fourth-order valence-corrected chi connectivity index (χ4v) is 4.80. The third-order valence-corrected chi connectivity index (χ3v) is 6.42. The number of benzene rings is 2. The van der Waals surface area contributed by atoms with Crippen LogP contribution in [0.25, 0.3) is 11.8 Å². The molecular formula is C25H20BrN3O4S. The molecule has 0 spiro atoms. The summed E-state index contributed by atoms with van der Waals surface area (Å²) in [6.45, 7) is 5.50. The summed E-state index contributed by atoms with van der Waals surface area (Å²) >= 11 is 8.71. The van der Waals surface area contributed by atoms with Crippen molar-refractivity contribution >= 4 is 62.8 Å². The van der Waals surface area contributed by atoms with E-state index in [1.807, 2.05) is 32.9 Å². The zero-order valence-corrected chi connectivity index (χ0v) is 21.0. The average molecular weight is 538 g/mol. The number of halogens is 1. The van der Waals surface area contributed by atoms with E-state index < -0.39 is 17.8 Å². The van der Waals surface area contributed by atoms with Crippen LogP contribution in [0, 0.1) is 20.8 Å². The van der Waals surface area contributed by atoms with Crippen LogP contribution in [0.4, 0.5) is 5.69 Å². The zero-order valence-electron chi connectivity index (χ0n) is 18.5. The highest BCUT2D eigenvalue weighted by Gasteiger charge is 2.35. The van der Waals surface area contributed by atoms with Crippen molar-refractivity contribution in [3.8, 4) is 5.69 Å². The topological polar surface area (TPSA) is 91.6 Å². The van der Waals surface area contributed by atoms with Gasteiger partial charge in [-0.3, -0.25) is 19.8 Å². The molecule has 2 heterocycles. The summed E-state index contributed by atoms with van der Waals surface area (Å²) in [7, 11) is 0. The van der Waals surface area contributed by atoms with E-state index in [1.54, 1.807) is 34.9 Å². The van der Waals surface area contributed by atoms with Crippen LogP contribution in [-0.2, 0) is 9.59 Å². The molecule has 0 atom stereocenters. The van der Waals surface area contributed by atoms with E-state index in [1.165, 1.54) is 17.0 Å². The van der Waals surface area contributed by atoms with E-state index in [0.717, 1.165) is 15.7 Å². The highest BCUT2D eigenvalue weighted by Crippen LogP contribution is 2.29. The second-order valence-electron chi connectivity index (χ2n) is 7.87. The van der Waals surface area contributed by atoms with Crippen molar-refractivity contribution < 1.29 is 19.5 Å². The minimum atomic E-state index is -1.04. The molecule has 7 nitrogen and oxygen atoms in total. The van der Waals surface area contributed by atoms with E-state index in [-0.39, 0.29) is 16.2 Å². The van der Waals surface area contributed by atoms with Crippen molar-refractivity contribution in [1.29, 1.82) is 0 Å². The minimum absolute atomic E-state index is 0.0124. The Morgan fingerprint density at radius 1 is 1.06 bits per heavy atom. The van der Waals surface area contributed by atoms with Gasteiger partial charge in [-0.15, -0.1) is 0 Å². The van der Waals surface area contributed by atoms with Gasteiger partial charge in [0.1, 0.15) is 5.57 Å². The monoisotopic (exact) mass is 537 g/mol. The number of para-hydroxylation sites is 1. The van der Waals surface area contributed by atoms with Gasteiger partial charge in [0.25, 0.3) is 11.8 Å². The minimum Gasteiger partial charge on any atom is -0.478 e. The maximum absolute atomic E-state index is 13.4. The van der Waals surface area contributed by atoms with E-state index in [2.05, 4.69) is 21.2 Å². The van der Waals surface area contributed by atoms with Gasteiger partial charge in [-0.25, -0.2) is 4.79 Å². The molecule has 2 N–H and O–H groups in total. The number of anilines is 1. The van der Waals surface area contributed by atoms with Gasteiger partial charge in [0.15, 0.2) is 5.11 Å². The molecule has 0 unspecified atom stereocenters. The first-order valence-electron chi connectivity index (χ1n) is 10.3. The SMILES string of the molecule is Cc1cc(Br)ccc1N1C(=O)/C(=C/c2cc(C)n(-c3ccccc3C(=O)O)c2C)C(=O)NC1=S. The molecule has 0 bridgehead atoms. The maximum atomic E-state index is 13.4. The van der Waals surface area contributed by atoms with Crippen LogP contribution < -0.4 is 10.2 Å². The number of carbonyl (C=O) groups is 3. The number of hydrogen-bond donors (Lipinski definition) is 2. The largest absolute Gasteiger partial charge is 0.478 e. The van der Waals surface area contributed by atoms with Crippen molar-refractivity contribution in [2.24, 2.45) is 0 Å². The highest BCUT2D eigenvalue weighted by molar-refractivity contribution is 9.10. The van der Waals surface area contributed by atoms with Crippen LogP contribution in [-0.4, -0.2) is 32.6 Å². The molecule has 172 valence electrons. The first-order chi connectivity index (χ1) is 16.1. The van der Waals surface area contributed by atoms with Gasteiger partial charge in [-0.1, -0.05) is 28.1 Å². The molecule has 2 aromatic carbocycles. The van der Waals surface area contributed by atoms with Crippen molar-refractivity contribution in [3.05, 3.63) is 86.7 Å². The number of hydrogen-bond acceptors (Lipinski definition) is 4. The number of aryl methyl sites for hydroxylation is 2. The summed E-state index contributed by atoms with van der Waals surface area (Å²) < 4.78 is 2.65. The lowest BCUT2D eigenvalue weighted by Crippen LogP contribution is -2.54. The predicted octanol–water partition coefficient (Wildman–Crippen LogP) is 4.69. The number of carboxylic acids is 1. The third kappa shape index (κ3) is 4.08. The number of thiocarbonyl (C=S) groups is 1. The van der Waals surface area contributed by atoms with Crippen molar-refractivity contribution in [2.75, 3.05) is 4.90 Å². The third-order valence-electron chi connectivity index (χ3n) is 5.65. The molecule has 3 aromatic rings. The van der Waals surface area contributed by atoms with Crippen LogP contribution in [0.15, 0.2) is 58.6 Å². The molecule has 0 radical (unpaired) electrons. The Hall–Kier alpha value is -3.56. The van der Waals surface area contributed by atoms with Crippen LogP contribution in [0.2, 0.25) is 0 Å². The molecule has 2 amide bonds. The maximum Gasteiger partial charge on any atom is 0.337 e. The molecule has 0 aliphatic carbocycles. The molecule has 1 fully saturated rings. The number of carbonyl (C=O) groups excluding carboxylic acids is 2. The molecule has 0 saturated carbocycles. The van der Waals surface area contributed by atoms with E-state index in [9.17, 15) is 19.5 Å². The van der Waals surface area contributed by atoms with E-state index in [0.29, 0.717) is 22.6 Å². The molecule has 1 aromatic heterocycles. The molecule has 1 aliphatic heterocycles. The molecule has 1 saturated heterocycles. The number of nitrogens with zero attached hydrogens (tertiary/aromatic N) is 2. The van der Waals surface area contributed by atoms with Gasteiger partial charge >= 0.3 is 5.97 Å². The van der Waals surface area contributed by atoms with E-state index >= 15 is 0 Å². The Morgan fingerprint density at radius 2 is 1.76 bits per heavy atom. The highest BCUT2D eigenvalue weighted by atomic mass is 79.9. The molecule has 34 heavy (non-hydrogen) atoms. The standard InChI is InChI=1S/C25H20BrN3O4S/c1-13-10-17(26)8-9-20(13)29-23(31)19(22(30)27-25(29)34)12-16-11-14(2)28(15(16)3)21-7-5-4-6-18(21)24(32)33/h4-12H,1-3H3,(H,32,33)(H,27,30,34)/b19-12+. The Morgan fingerprint density at radius 3 is 2.44 bits per heavy atom. The molecule has 9 heteroatoms. The van der Waals surface area contributed by atoms with Crippen molar-refractivity contribution in [1.82, 2.24) is 9.88 Å². The predicted molar refractivity (Wildman–Crippen MR) is 137 cm³/mol. The lowest BCUT2D eigenvalue weighted by Gasteiger charge is -2.30. The normalized spacial score (nSPS) is 15.1. The van der Waals surface area contributed by atoms with Gasteiger partial charge in [0, 0.05) is 15.9 Å². The number of aromatic nitrogens is 1. The summed E-state index contributed by atoms with van der Waals surface area (Å²) in [6, 6.07) is 13.9.